The quantitative estimate of drug-likeness (QED) is 0.251. The van der Waals surface area contributed by atoms with E-state index in [9.17, 15) is 0 Å². The molecule has 0 aromatic heterocycles. The van der Waals surface area contributed by atoms with Crippen molar-refractivity contribution in [3.8, 4) is 0 Å². The van der Waals surface area contributed by atoms with Crippen LogP contribution in [0, 0.1) is 11.3 Å². The molecule has 3 unspecified atom stereocenters. The van der Waals surface area contributed by atoms with Crippen LogP contribution in [0.2, 0.25) is 0 Å². The zero-order chi connectivity index (χ0) is 19.8. The second-order valence-corrected chi connectivity index (χ2v) is 10.00. The minimum Gasteiger partial charge on any atom is -0.327 e. The van der Waals surface area contributed by atoms with Gasteiger partial charge in [0.2, 0.25) is 0 Å². The highest BCUT2D eigenvalue weighted by Crippen LogP contribution is 2.43. The summed E-state index contributed by atoms with van der Waals surface area (Å²) >= 11 is 0. The molecule has 3 atom stereocenters. The van der Waals surface area contributed by atoms with Crippen LogP contribution in [-0.4, -0.2) is 6.04 Å². The Labute approximate surface area is 172 Å². The maximum atomic E-state index is 6.63. The monoisotopic (exact) mass is 379 g/mol. The maximum absolute atomic E-state index is 6.63. The number of unbranched alkanes of at least 4 members (excludes halogenated alkanes) is 14. The maximum Gasteiger partial charge on any atom is 0.00954 e. The van der Waals surface area contributed by atoms with Gasteiger partial charge in [0.15, 0.2) is 0 Å². The summed E-state index contributed by atoms with van der Waals surface area (Å²) in [6, 6.07) is 0.426. The highest BCUT2D eigenvalue weighted by molar-refractivity contribution is 4.91. The van der Waals surface area contributed by atoms with E-state index in [4.69, 9.17) is 5.73 Å². The molecule has 0 heterocycles. The minimum absolute atomic E-state index is 0.411. The van der Waals surface area contributed by atoms with E-state index in [0.29, 0.717) is 11.5 Å². The van der Waals surface area contributed by atoms with E-state index in [1.54, 1.807) is 0 Å². The molecule has 162 valence electrons. The summed E-state index contributed by atoms with van der Waals surface area (Å²) in [4.78, 5) is 0. The highest BCUT2D eigenvalue weighted by atomic mass is 14.7. The van der Waals surface area contributed by atoms with Gasteiger partial charge in [-0.1, -0.05) is 136 Å². The second-order valence-electron chi connectivity index (χ2n) is 10.00. The molecule has 0 aliphatic heterocycles. The lowest BCUT2D eigenvalue weighted by molar-refractivity contribution is 0.0896. The van der Waals surface area contributed by atoms with Crippen molar-refractivity contribution in [1.82, 2.24) is 0 Å². The zero-order valence-electron chi connectivity index (χ0n) is 19.4. The molecule has 0 spiro atoms. The molecule has 1 aliphatic carbocycles. The third-order valence-electron chi connectivity index (χ3n) is 7.69. The molecule has 2 N–H and O–H groups in total. The van der Waals surface area contributed by atoms with Crippen LogP contribution in [0.25, 0.3) is 0 Å². The molecular weight excluding hydrogens is 326 g/mol. The van der Waals surface area contributed by atoms with Crippen molar-refractivity contribution in [3.63, 3.8) is 0 Å². The van der Waals surface area contributed by atoms with Gasteiger partial charge in [-0.25, -0.2) is 0 Å². The molecule has 1 aliphatic rings. The Morgan fingerprint density at radius 2 is 1.19 bits per heavy atom. The van der Waals surface area contributed by atoms with Gasteiger partial charge in [0.1, 0.15) is 0 Å². The van der Waals surface area contributed by atoms with Crippen LogP contribution in [-0.2, 0) is 0 Å². The first-order valence-electron chi connectivity index (χ1n) is 12.9. The Hall–Kier alpha value is -0.0400. The van der Waals surface area contributed by atoms with Gasteiger partial charge in [-0.05, 0) is 24.2 Å². The van der Waals surface area contributed by atoms with Crippen LogP contribution >= 0.6 is 0 Å². The molecule has 1 saturated carbocycles. The van der Waals surface area contributed by atoms with E-state index in [1.807, 2.05) is 0 Å². The third-order valence-corrected chi connectivity index (χ3v) is 7.69. The van der Waals surface area contributed by atoms with E-state index >= 15 is 0 Å². The predicted octanol–water partition coefficient (Wildman–Crippen LogP) is 8.79. The van der Waals surface area contributed by atoms with Crippen LogP contribution in [0.15, 0.2) is 0 Å². The molecule has 0 aromatic rings. The number of hydrogen-bond acceptors (Lipinski definition) is 1. The fraction of sp³-hybridized carbons (Fsp3) is 1.00. The summed E-state index contributed by atoms with van der Waals surface area (Å²) in [5.41, 5.74) is 7.04. The first-order chi connectivity index (χ1) is 13.1. The zero-order valence-corrected chi connectivity index (χ0v) is 19.4. The number of rotatable bonds is 17. The molecule has 1 nitrogen and oxygen atoms in total. The molecule has 27 heavy (non-hydrogen) atoms. The standard InChI is InChI=1S/C26H53N/c1-4-5-6-7-8-9-10-11-12-13-14-15-16-17-18-22-25(27)26(3)23-20-19-21-24(26)2/h24-25H,4-23,27H2,1-3H3. The molecule has 0 bridgehead atoms. The average molecular weight is 380 g/mol. The third kappa shape index (κ3) is 10.9. The topological polar surface area (TPSA) is 26.0 Å². The van der Waals surface area contributed by atoms with Gasteiger partial charge >= 0.3 is 0 Å². The van der Waals surface area contributed by atoms with Crippen molar-refractivity contribution >= 4 is 0 Å². The van der Waals surface area contributed by atoms with E-state index in [2.05, 4.69) is 20.8 Å². The van der Waals surface area contributed by atoms with Crippen molar-refractivity contribution in [1.29, 1.82) is 0 Å². The van der Waals surface area contributed by atoms with Gasteiger partial charge in [-0.3, -0.25) is 0 Å². The van der Waals surface area contributed by atoms with Gasteiger partial charge in [0, 0.05) is 6.04 Å². The molecule has 0 saturated heterocycles. The molecule has 0 radical (unpaired) electrons. The molecule has 1 rings (SSSR count). The van der Waals surface area contributed by atoms with Crippen LogP contribution in [0.1, 0.15) is 149 Å². The summed E-state index contributed by atoms with van der Waals surface area (Å²) in [6.45, 7) is 7.20. The van der Waals surface area contributed by atoms with Gasteiger partial charge in [0.05, 0.1) is 0 Å². The van der Waals surface area contributed by atoms with Crippen molar-refractivity contribution in [2.24, 2.45) is 17.1 Å². The van der Waals surface area contributed by atoms with Crippen molar-refractivity contribution in [2.45, 2.75) is 155 Å². The van der Waals surface area contributed by atoms with Crippen molar-refractivity contribution in [2.75, 3.05) is 0 Å². The van der Waals surface area contributed by atoms with Gasteiger partial charge in [0.25, 0.3) is 0 Å². The van der Waals surface area contributed by atoms with Gasteiger partial charge in [-0.15, -0.1) is 0 Å². The fourth-order valence-corrected chi connectivity index (χ4v) is 5.15. The lowest BCUT2D eigenvalue weighted by Gasteiger charge is -2.44. The second kappa shape index (κ2) is 15.8. The lowest BCUT2D eigenvalue weighted by atomic mass is 9.63. The molecule has 1 fully saturated rings. The Balaban J connectivity index is 1.85. The summed E-state index contributed by atoms with van der Waals surface area (Å²) in [7, 11) is 0. The Morgan fingerprint density at radius 1 is 0.741 bits per heavy atom. The Kier molecular flexibility index (Phi) is 14.7. The molecule has 1 heteroatoms. The van der Waals surface area contributed by atoms with E-state index in [-0.39, 0.29) is 0 Å². The number of nitrogens with two attached hydrogens (primary N) is 1. The normalized spacial score (nSPS) is 24.2. The molecular formula is C26H53N. The SMILES string of the molecule is CCCCCCCCCCCCCCCCCC(N)C1(C)CCCCC1C. The van der Waals surface area contributed by atoms with Crippen molar-refractivity contribution < 1.29 is 0 Å². The largest absolute Gasteiger partial charge is 0.327 e. The van der Waals surface area contributed by atoms with Crippen LogP contribution in [0.4, 0.5) is 0 Å². The van der Waals surface area contributed by atoms with E-state index < -0.39 is 0 Å². The summed E-state index contributed by atoms with van der Waals surface area (Å²) in [5.74, 6) is 0.817. The Morgan fingerprint density at radius 3 is 1.63 bits per heavy atom. The summed E-state index contributed by atoms with van der Waals surface area (Å²) in [6.07, 6.45) is 28.4. The lowest BCUT2D eigenvalue weighted by Crippen LogP contribution is -2.45. The van der Waals surface area contributed by atoms with Crippen LogP contribution < -0.4 is 5.73 Å². The van der Waals surface area contributed by atoms with Crippen molar-refractivity contribution in [3.05, 3.63) is 0 Å². The summed E-state index contributed by atoms with van der Waals surface area (Å²) < 4.78 is 0. The minimum atomic E-state index is 0.411. The van der Waals surface area contributed by atoms with Gasteiger partial charge in [-0.2, -0.15) is 0 Å². The highest BCUT2D eigenvalue weighted by Gasteiger charge is 2.38. The smallest absolute Gasteiger partial charge is 0.00954 e. The molecule has 0 amide bonds. The predicted molar refractivity (Wildman–Crippen MR) is 123 cm³/mol. The van der Waals surface area contributed by atoms with E-state index in [1.165, 1.54) is 128 Å². The van der Waals surface area contributed by atoms with Gasteiger partial charge < -0.3 is 5.73 Å². The Bertz CT molecular complexity index is 326. The molecule has 0 aromatic carbocycles. The van der Waals surface area contributed by atoms with Crippen LogP contribution in [0.5, 0.6) is 0 Å². The van der Waals surface area contributed by atoms with E-state index in [0.717, 1.165) is 5.92 Å². The van der Waals surface area contributed by atoms with Crippen LogP contribution in [0.3, 0.4) is 0 Å². The summed E-state index contributed by atoms with van der Waals surface area (Å²) in [5, 5.41) is 0. The number of hydrogen-bond donors (Lipinski definition) is 1. The first kappa shape index (κ1) is 25.0. The fourth-order valence-electron chi connectivity index (χ4n) is 5.15. The average Bonchev–Trinajstić information content (AvgIpc) is 2.67. The first-order valence-corrected chi connectivity index (χ1v) is 12.9.